The molecule has 1 aliphatic heterocycles. The highest BCUT2D eigenvalue weighted by Gasteiger charge is 2.22. The summed E-state index contributed by atoms with van der Waals surface area (Å²) in [5.74, 6) is 0. The molecule has 1 saturated heterocycles. The fraction of sp³-hybridized carbons (Fsp3) is 0.571. The molecule has 0 aliphatic carbocycles. The quantitative estimate of drug-likeness (QED) is 0.824. The van der Waals surface area contributed by atoms with Crippen LogP contribution in [0, 0.1) is 6.92 Å². The standard InChI is InChI=1S/C14H22ClN3/c1-3-18-8-4-5-11(18)9-17-14-10(2)12(15)6-7-13(14)16/h6-7,11,17H,3-5,8-9,16H2,1-2H3. The third-order valence-corrected chi connectivity index (χ3v) is 4.26. The van der Waals surface area contributed by atoms with Crippen molar-refractivity contribution in [3.05, 3.63) is 22.7 Å². The van der Waals surface area contributed by atoms with Crippen LogP contribution < -0.4 is 11.1 Å². The summed E-state index contributed by atoms with van der Waals surface area (Å²) in [4.78, 5) is 2.52. The van der Waals surface area contributed by atoms with Gasteiger partial charge in [-0.1, -0.05) is 18.5 Å². The first kappa shape index (κ1) is 13.5. The van der Waals surface area contributed by atoms with Crippen LogP contribution in [0.25, 0.3) is 0 Å². The Morgan fingerprint density at radius 2 is 2.28 bits per heavy atom. The topological polar surface area (TPSA) is 41.3 Å². The van der Waals surface area contributed by atoms with E-state index in [9.17, 15) is 0 Å². The third-order valence-electron chi connectivity index (χ3n) is 3.85. The normalized spacial score (nSPS) is 20.3. The fourth-order valence-electron chi connectivity index (χ4n) is 2.70. The van der Waals surface area contributed by atoms with Crippen LogP contribution in [0.3, 0.4) is 0 Å². The van der Waals surface area contributed by atoms with Gasteiger partial charge in [0.15, 0.2) is 0 Å². The van der Waals surface area contributed by atoms with E-state index in [0.717, 1.165) is 35.1 Å². The number of nitrogens with zero attached hydrogens (tertiary/aromatic N) is 1. The first-order valence-corrected chi connectivity index (χ1v) is 7.03. The molecule has 1 atom stereocenters. The number of nitrogens with one attached hydrogen (secondary N) is 1. The maximum atomic E-state index is 6.13. The molecule has 1 aliphatic rings. The van der Waals surface area contributed by atoms with E-state index in [2.05, 4.69) is 17.1 Å². The van der Waals surface area contributed by atoms with Crippen LogP contribution in [0.2, 0.25) is 5.02 Å². The Labute approximate surface area is 114 Å². The van der Waals surface area contributed by atoms with Crippen molar-refractivity contribution in [2.24, 2.45) is 0 Å². The van der Waals surface area contributed by atoms with Crippen LogP contribution in [0.15, 0.2) is 12.1 Å². The van der Waals surface area contributed by atoms with Gasteiger partial charge >= 0.3 is 0 Å². The molecule has 3 N–H and O–H groups in total. The zero-order valence-electron chi connectivity index (χ0n) is 11.2. The molecule has 0 aromatic heterocycles. The lowest BCUT2D eigenvalue weighted by molar-refractivity contribution is 0.277. The average molecular weight is 268 g/mol. The van der Waals surface area contributed by atoms with Gasteiger partial charge in [-0.2, -0.15) is 0 Å². The SMILES string of the molecule is CCN1CCCC1CNc1c(N)ccc(Cl)c1C. The predicted molar refractivity (Wildman–Crippen MR) is 79.4 cm³/mol. The number of hydrogen-bond donors (Lipinski definition) is 2. The van der Waals surface area contributed by atoms with Gasteiger partial charge in [0.05, 0.1) is 11.4 Å². The van der Waals surface area contributed by atoms with Crippen LogP contribution in [0.4, 0.5) is 11.4 Å². The molecule has 1 aromatic rings. The lowest BCUT2D eigenvalue weighted by Gasteiger charge is -2.24. The summed E-state index contributed by atoms with van der Waals surface area (Å²) < 4.78 is 0. The molecule has 1 unspecified atom stereocenters. The Hall–Kier alpha value is -0.930. The van der Waals surface area contributed by atoms with E-state index >= 15 is 0 Å². The smallest absolute Gasteiger partial charge is 0.0619 e. The van der Waals surface area contributed by atoms with Crippen molar-refractivity contribution in [3.8, 4) is 0 Å². The van der Waals surface area contributed by atoms with Crippen molar-refractivity contribution in [1.29, 1.82) is 0 Å². The summed E-state index contributed by atoms with van der Waals surface area (Å²) in [6, 6.07) is 4.34. The van der Waals surface area contributed by atoms with E-state index in [4.69, 9.17) is 17.3 Å². The molecule has 4 heteroatoms. The van der Waals surface area contributed by atoms with Crippen molar-refractivity contribution in [3.63, 3.8) is 0 Å². The summed E-state index contributed by atoms with van der Waals surface area (Å²) in [5, 5.41) is 4.25. The number of likely N-dealkylation sites (N-methyl/N-ethyl adjacent to an activating group) is 1. The Bertz CT molecular complexity index is 420. The van der Waals surface area contributed by atoms with Crippen molar-refractivity contribution >= 4 is 23.0 Å². The molecule has 100 valence electrons. The Morgan fingerprint density at radius 3 is 3.00 bits per heavy atom. The minimum absolute atomic E-state index is 0.618. The number of hydrogen-bond acceptors (Lipinski definition) is 3. The summed E-state index contributed by atoms with van der Waals surface area (Å²) in [7, 11) is 0. The van der Waals surface area contributed by atoms with E-state index in [0.29, 0.717) is 6.04 Å². The molecule has 2 rings (SSSR count). The van der Waals surface area contributed by atoms with Gasteiger partial charge in [-0.15, -0.1) is 0 Å². The van der Waals surface area contributed by atoms with Gasteiger partial charge in [0.25, 0.3) is 0 Å². The number of rotatable bonds is 4. The highest BCUT2D eigenvalue weighted by molar-refractivity contribution is 6.31. The zero-order chi connectivity index (χ0) is 13.1. The second kappa shape index (κ2) is 5.81. The Kier molecular flexibility index (Phi) is 4.36. The van der Waals surface area contributed by atoms with Crippen LogP contribution in [0.1, 0.15) is 25.3 Å². The minimum atomic E-state index is 0.618. The first-order chi connectivity index (χ1) is 8.63. The predicted octanol–water partition coefficient (Wildman–Crippen LogP) is 3.13. The van der Waals surface area contributed by atoms with E-state index in [1.54, 1.807) is 0 Å². The van der Waals surface area contributed by atoms with Gasteiger partial charge in [0, 0.05) is 17.6 Å². The molecule has 0 saturated carbocycles. The molecule has 1 aromatic carbocycles. The highest BCUT2D eigenvalue weighted by atomic mass is 35.5. The number of benzene rings is 1. The molecule has 1 fully saturated rings. The summed E-state index contributed by atoms with van der Waals surface area (Å²) >= 11 is 6.13. The van der Waals surface area contributed by atoms with Gasteiger partial charge in [-0.25, -0.2) is 0 Å². The summed E-state index contributed by atoms with van der Waals surface area (Å²) in [5.41, 5.74) is 8.81. The van der Waals surface area contributed by atoms with E-state index < -0.39 is 0 Å². The number of likely N-dealkylation sites (tertiary alicyclic amines) is 1. The number of nitrogens with two attached hydrogens (primary N) is 1. The second-order valence-electron chi connectivity index (χ2n) is 4.94. The third kappa shape index (κ3) is 2.73. The van der Waals surface area contributed by atoms with Gasteiger partial charge in [0.2, 0.25) is 0 Å². The van der Waals surface area contributed by atoms with E-state index in [1.165, 1.54) is 19.4 Å². The van der Waals surface area contributed by atoms with Crippen LogP contribution in [-0.4, -0.2) is 30.6 Å². The largest absolute Gasteiger partial charge is 0.397 e. The maximum absolute atomic E-state index is 6.13. The molecule has 18 heavy (non-hydrogen) atoms. The van der Waals surface area contributed by atoms with E-state index in [1.807, 2.05) is 19.1 Å². The lowest BCUT2D eigenvalue weighted by atomic mass is 10.1. The molecule has 0 bridgehead atoms. The Morgan fingerprint density at radius 1 is 1.50 bits per heavy atom. The summed E-state index contributed by atoms with van der Waals surface area (Å²) in [6.07, 6.45) is 2.56. The van der Waals surface area contributed by atoms with E-state index in [-0.39, 0.29) is 0 Å². The fourth-order valence-corrected chi connectivity index (χ4v) is 2.86. The molecular weight excluding hydrogens is 246 g/mol. The minimum Gasteiger partial charge on any atom is -0.397 e. The maximum Gasteiger partial charge on any atom is 0.0619 e. The highest BCUT2D eigenvalue weighted by Crippen LogP contribution is 2.29. The van der Waals surface area contributed by atoms with Crippen LogP contribution >= 0.6 is 11.6 Å². The van der Waals surface area contributed by atoms with Crippen LogP contribution in [-0.2, 0) is 0 Å². The molecule has 0 radical (unpaired) electrons. The Balaban J connectivity index is 2.04. The van der Waals surface area contributed by atoms with Crippen molar-refractivity contribution in [1.82, 2.24) is 4.90 Å². The molecular formula is C14H22ClN3. The molecule has 3 nitrogen and oxygen atoms in total. The summed E-state index contributed by atoms with van der Waals surface area (Å²) in [6.45, 7) is 7.51. The van der Waals surface area contributed by atoms with Gasteiger partial charge in [-0.3, -0.25) is 4.90 Å². The zero-order valence-corrected chi connectivity index (χ0v) is 11.9. The van der Waals surface area contributed by atoms with Gasteiger partial charge in [0.1, 0.15) is 0 Å². The average Bonchev–Trinajstić information content (AvgIpc) is 2.81. The lowest BCUT2D eigenvalue weighted by Crippen LogP contribution is -2.34. The van der Waals surface area contributed by atoms with Crippen LogP contribution in [0.5, 0.6) is 0 Å². The number of nitrogen functional groups attached to an aromatic ring is 1. The van der Waals surface area contributed by atoms with Crippen molar-refractivity contribution in [2.75, 3.05) is 30.7 Å². The first-order valence-electron chi connectivity index (χ1n) is 6.66. The number of anilines is 2. The second-order valence-corrected chi connectivity index (χ2v) is 5.35. The van der Waals surface area contributed by atoms with Gasteiger partial charge in [-0.05, 0) is 50.6 Å². The van der Waals surface area contributed by atoms with Crippen molar-refractivity contribution in [2.45, 2.75) is 32.7 Å². The molecule has 0 spiro atoms. The van der Waals surface area contributed by atoms with Gasteiger partial charge < -0.3 is 11.1 Å². The van der Waals surface area contributed by atoms with Crippen molar-refractivity contribution < 1.29 is 0 Å². The number of halogens is 1. The molecule has 1 heterocycles. The monoisotopic (exact) mass is 267 g/mol. The molecule has 0 amide bonds.